The van der Waals surface area contributed by atoms with Gasteiger partial charge in [-0.15, -0.1) is 0 Å². The number of nitrogens with zero attached hydrogens (tertiary/aromatic N) is 1. The van der Waals surface area contributed by atoms with Crippen molar-refractivity contribution in [2.75, 3.05) is 20.8 Å². The first-order chi connectivity index (χ1) is 12.6. The summed E-state index contributed by atoms with van der Waals surface area (Å²) in [7, 11) is 3.42. The van der Waals surface area contributed by atoms with Gasteiger partial charge in [0.2, 0.25) is 0 Å². The first kappa shape index (κ1) is 18.5. The first-order valence-corrected chi connectivity index (χ1v) is 9.27. The largest absolute Gasteiger partial charge is 0.497 e. The summed E-state index contributed by atoms with van der Waals surface area (Å²) < 4.78 is 10.6. The zero-order valence-electron chi connectivity index (χ0n) is 16.3. The highest BCUT2D eigenvalue weighted by Crippen LogP contribution is 2.28. The van der Waals surface area contributed by atoms with Gasteiger partial charge in [-0.05, 0) is 62.1 Å². The fraction of sp³-hybridized carbons (Fsp3) is 0.391. The lowest BCUT2D eigenvalue weighted by Crippen LogP contribution is -2.41. The normalized spacial score (nSPS) is 18.1. The highest BCUT2D eigenvalue weighted by molar-refractivity contribution is 5.31. The van der Waals surface area contributed by atoms with Crippen molar-refractivity contribution in [1.82, 2.24) is 4.90 Å². The summed E-state index contributed by atoms with van der Waals surface area (Å²) in [4.78, 5) is 2.61. The van der Waals surface area contributed by atoms with E-state index in [9.17, 15) is 0 Å². The minimum Gasteiger partial charge on any atom is -0.497 e. The average Bonchev–Trinajstić information content (AvgIpc) is 2.68. The third kappa shape index (κ3) is 4.28. The van der Waals surface area contributed by atoms with Crippen LogP contribution in [0.3, 0.4) is 0 Å². The zero-order valence-corrected chi connectivity index (χ0v) is 16.3. The fourth-order valence-electron chi connectivity index (χ4n) is 3.64. The molecule has 0 saturated carbocycles. The van der Waals surface area contributed by atoms with Gasteiger partial charge in [0.15, 0.2) is 0 Å². The van der Waals surface area contributed by atoms with Crippen LogP contribution >= 0.6 is 0 Å². The van der Waals surface area contributed by atoms with E-state index in [-0.39, 0.29) is 0 Å². The molecular formula is C23H29NO2. The molecule has 3 rings (SSSR count). The Kier molecular flexibility index (Phi) is 6.00. The van der Waals surface area contributed by atoms with E-state index in [2.05, 4.69) is 55.1 Å². The molecule has 1 aliphatic heterocycles. The molecule has 2 aromatic rings. The van der Waals surface area contributed by atoms with Gasteiger partial charge in [-0.3, -0.25) is 4.90 Å². The molecule has 0 aromatic heterocycles. The molecular weight excluding hydrogens is 322 g/mol. The molecule has 0 spiro atoms. The van der Waals surface area contributed by atoms with Gasteiger partial charge in [0.05, 0.1) is 14.2 Å². The molecule has 0 saturated heterocycles. The molecule has 0 amide bonds. The predicted octanol–water partition coefficient (Wildman–Crippen LogP) is 4.86. The molecule has 1 unspecified atom stereocenters. The first-order valence-electron chi connectivity index (χ1n) is 9.27. The Hall–Kier alpha value is -2.26. The second kappa shape index (κ2) is 8.41. The molecule has 3 heteroatoms. The second-order valence-electron chi connectivity index (χ2n) is 7.10. The predicted molar refractivity (Wildman–Crippen MR) is 107 cm³/mol. The van der Waals surface area contributed by atoms with Gasteiger partial charge in [0, 0.05) is 19.1 Å². The van der Waals surface area contributed by atoms with E-state index in [1.807, 2.05) is 12.1 Å². The van der Waals surface area contributed by atoms with Crippen LogP contribution < -0.4 is 9.47 Å². The summed E-state index contributed by atoms with van der Waals surface area (Å²) in [6.45, 7) is 6.65. The van der Waals surface area contributed by atoms with Gasteiger partial charge in [-0.25, -0.2) is 0 Å². The van der Waals surface area contributed by atoms with Crippen LogP contribution in [0.5, 0.6) is 11.5 Å². The molecule has 2 aromatic carbocycles. The molecule has 0 aliphatic carbocycles. The summed E-state index contributed by atoms with van der Waals surface area (Å²) in [5.41, 5.74) is 5.73. The highest BCUT2D eigenvalue weighted by atomic mass is 16.5. The minimum absolute atomic E-state index is 0.444. The van der Waals surface area contributed by atoms with Crippen LogP contribution in [0.4, 0.5) is 0 Å². The van der Waals surface area contributed by atoms with Crippen molar-refractivity contribution < 1.29 is 9.47 Å². The van der Waals surface area contributed by atoms with Gasteiger partial charge in [-0.1, -0.05) is 35.4 Å². The molecule has 0 N–H and O–H groups in total. The number of rotatable bonds is 6. The molecule has 0 fully saturated rings. The Morgan fingerprint density at radius 2 is 1.38 bits per heavy atom. The van der Waals surface area contributed by atoms with E-state index in [0.29, 0.717) is 6.04 Å². The monoisotopic (exact) mass is 351 g/mol. The maximum absolute atomic E-state index is 5.29. The van der Waals surface area contributed by atoms with Crippen molar-refractivity contribution in [3.63, 3.8) is 0 Å². The summed E-state index contributed by atoms with van der Waals surface area (Å²) in [5, 5.41) is 0. The van der Waals surface area contributed by atoms with E-state index in [1.165, 1.54) is 22.3 Å². The second-order valence-corrected chi connectivity index (χ2v) is 7.10. The van der Waals surface area contributed by atoms with Gasteiger partial charge < -0.3 is 9.47 Å². The summed E-state index contributed by atoms with van der Waals surface area (Å²) in [6.07, 6.45) is 2.18. The maximum atomic E-state index is 5.29. The minimum atomic E-state index is 0.444. The van der Waals surface area contributed by atoms with Crippen LogP contribution in [0, 0.1) is 0 Å². The Labute approximate surface area is 157 Å². The zero-order chi connectivity index (χ0) is 18.5. The quantitative estimate of drug-likeness (QED) is 0.694. The lowest BCUT2D eigenvalue weighted by Gasteiger charge is -2.38. The van der Waals surface area contributed by atoms with Gasteiger partial charge in [0.1, 0.15) is 11.5 Å². The topological polar surface area (TPSA) is 21.7 Å². The summed E-state index contributed by atoms with van der Waals surface area (Å²) in [5.74, 6) is 1.82. The van der Waals surface area contributed by atoms with Gasteiger partial charge in [-0.2, -0.15) is 0 Å². The number of ether oxygens (including phenoxy) is 2. The molecule has 138 valence electrons. The lowest BCUT2D eigenvalue weighted by atomic mass is 9.90. The number of methoxy groups -OCH3 is 2. The third-order valence-electron chi connectivity index (χ3n) is 5.52. The molecule has 26 heavy (non-hydrogen) atoms. The number of hydrogen-bond acceptors (Lipinski definition) is 3. The third-order valence-corrected chi connectivity index (χ3v) is 5.52. The van der Waals surface area contributed by atoms with Crippen LogP contribution in [-0.2, 0) is 13.0 Å². The van der Waals surface area contributed by atoms with Crippen molar-refractivity contribution in [1.29, 1.82) is 0 Å². The van der Waals surface area contributed by atoms with Crippen molar-refractivity contribution in [2.45, 2.75) is 39.3 Å². The van der Waals surface area contributed by atoms with Crippen LogP contribution in [0.2, 0.25) is 0 Å². The molecule has 1 aliphatic rings. The van der Waals surface area contributed by atoms with Gasteiger partial charge in [0.25, 0.3) is 0 Å². The Morgan fingerprint density at radius 3 is 1.92 bits per heavy atom. The van der Waals surface area contributed by atoms with Crippen molar-refractivity contribution in [2.24, 2.45) is 0 Å². The molecule has 0 radical (unpaired) electrons. The van der Waals surface area contributed by atoms with Gasteiger partial charge >= 0.3 is 0 Å². The highest BCUT2D eigenvalue weighted by Gasteiger charge is 2.26. The Balaban J connectivity index is 1.78. The number of benzene rings is 2. The fourth-order valence-corrected chi connectivity index (χ4v) is 3.64. The average molecular weight is 351 g/mol. The van der Waals surface area contributed by atoms with E-state index in [1.54, 1.807) is 14.2 Å². The molecule has 1 heterocycles. The number of hydrogen-bond donors (Lipinski definition) is 0. The van der Waals surface area contributed by atoms with Crippen molar-refractivity contribution in [3.05, 3.63) is 70.8 Å². The van der Waals surface area contributed by atoms with Crippen molar-refractivity contribution in [3.8, 4) is 11.5 Å². The summed E-state index contributed by atoms with van der Waals surface area (Å²) in [6, 6.07) is 17.4. The smallest absolute Gasteiger partial charge is 0.118 e. The maximum Gasteiger partial charge on any atom is 0.118 e. The SMILES string of the molecule is COc1ccc(CC2C(C)=C(C)CCN2Cc2ccc(OC)cc2)cc1. The van der Waals surface area contributed by atoms with Crippen LogP contribution in [0.15, 0.2) is 59.7 Å². The van der Waals surface area contributed by atoms with E-state index < -0.39 is 0 Å². The summed E-state index contributed by atoms with van der Waals surface area (Å²) >= 11 is 0. The Morgan fingerprint density at radius 1 is 0.846 bits per heavy atom. The van der Waals surface area contributed by atoms with E-state index in [0.717, 1.165) is 37.4 Å². The van der Waals surface area contributed by atoms with E-state index in [4.69, 9.17) is 9.47 Å². The van der Waals surface area contributed by atoms with Crippen LogP contribution in [-0.4, -0.2) is 31.7 Å². The van der Waals surface area contributed by atoms with Crippen molar-refractivity contribution >= 4 is 0 Å². The molecule has 0 bridgehead atoms. The standard InChI is InChI=1S/C23H29NO2/c1-17-13-14-24(16-20-7-11-22(26-4)12-8-20)23(18(17)2)15-19-5-9-21(25-3)10-6-19/h5-12,23H,13-16H2,1-4H3. The Bertz CT molecular complexity index is 747. The molecule has 3 nitrogen and oxygen atoms in total. The van der Waals surface area contributed by atoms with E-state index >= 15 is 0 Å². The van der Waals surface area contributed by atoms with Crippen LogP contribution in [0.1, 0.15) is 31.4 Å². The van der Waals surface area contributed by atoms with Crippen LogP contribution in [0.25, 0.3) is 0 Å². The lowest BCUT2D eigenvalue weighted by molar-refractivity contribution is 0.198. The molecule has 1 atom stereocenters.